The number of halogens is 1. The Kier molecular flexibility index (Phi) is 5.97. The largest absolute Gasteiger partial charge is 0.491 e. The number of benzene rings is 1. The zero-order valence-electron chi connectivity index (χ0n) is 13.8. The summed E-state index contributed by atoms with van der Waals surface area (Å²) in [6.45, 7) is 3.34. The van der Waals surface area contributed by atoms with Gasteiger partial charge in [-0.25, -0.2) is 14.4 Å². The molecule has 3 rings (SSSR count). The summed E-state index contributed by atoms with van der Waals surface area (Å²) in [6, 6.07) is 7.52. The van der Waals surface area contributed by atoms with Crippen LogP contribution in [0.3, 0.4) is 0 Å². The van der Waals surface area contributed by atoms with Gasteiger partial charge in [-0.05, 0) is 24.3 Å². The summed E-state index contributed by atoms with van der Waals surface area (Å²) in [7, 11) is 0. The monoisotopic (exact) mass is 348 g/mol. The van der Waals surface area contributed by atoms with Crippen molar-refractivity contribution < 1.29 is 19.0 Å². The van der Waals surface area contributed by atoms with E-state index in [1.807, 2.05) is 6.07 Å². The number of hydrogen-bond donors (Lipinski definition) is 2. The lowest BCUT2D eigenvalue weighted by atomic mass is 10.3. The van der Waals surface area contributed by atoms with Crippen LogP contribution in [0.15, 0.2) is 36.7 Å². The Hall–Kier alpha value is -2.45. The molecule has 1 aromatic heterocycles. The molecule has 0 bridgehead atoms. The second-order valence-corrected chi connectivity index (χ2v) is 5.66. The standard InChI is InChI=1S/C17H21FN4O3/c18-13-1-3-15(4-2-13)25-11-14(23)10-19-16-9-17(21-12-20-16)22-5-7-24-8-6-22/h1-4,9,12,14,23H,5-8,10-11H2,(H,19,20,21). The first kappa shape index (κ1) is 17.4. The summed E-state index contributed by atoms with van der Waals surface area (Å²) in [5.41, 5.74) is 0. The normalized spacial score (nSPS) is 15.7. The number of aliphatic hydroxyl groups is 1. The zero-order valence-corrected chi connectivity index (χ0v) is 13.8. The maximum Gasteiger partial charge on any atom is 0.134 e. The third kappa shape index (κ3) is 5.27. The maximum atomic E-state index is 12.8. The van der Waals surface area contributed by atoms with Gasteiger partial charge in [-0.3, -0.25) is 0 Å². The van der Waals surface area contributed by atoms with Crippen molar-refractivity contribution in [2.45, 2.75) is 6.10 Å². The fourth-order valence-electron chi connectivity index (χ4n) is 2.41. The number of ether oxygens (including phenoxy) is 2. The van der Waals surface area contributed by atoms with Crippen molar-refractivity contribution in [1.29, 1.82) is 0 Å². The Balaban J connectivity index is 1.46. The van der Waals surface area contributed by atoms with Gasteiger partial charge < -0.3 is 24.8 Å². The number of aromatic nitrogens is 2. The molecular weight excluding hydrogens is 327 g/mol. The Morgan fingerprint density at radius 3 is 2.76 bits per heavy atom. The molecule has 8 heteroatoms. The van der Waals surface area contributed by atoms with Crippen molar-refractivity contribution in [3.63, 3.8) is 0 Å². The summed E-state index contributed by atoms with van der Waals surface area (Å²) in [4.78, 5) is 10.6. The fraction of sp³-hybridized carbons (Fsp3) is 0.412. The van der Waals surface area contributed by atoms with Gasteiger partial charge in [0.05, 0.1) is 13.2 Å². The van der Waals surface area contributed by atoms with Crippen molar-refractivity contribution in [2.24, 2.45) is 0 Å². The van der Waals surface area contributed by atoms with Crippen molar-refractivity contribution in [1.82, 2.24) is 9.97 Å². The third-order valence-electron chi connectivity index (χ3n) is 3.76. The van der Waals surface area contributed by atoms with E-state index < -0.39 is 6.10 Å². The van der Waals surface area contributed by atoms with E-state index in [2.05, 4.69) is 20.2 Å². The number of rotatable bonds is 7. The Morgan fingerprint density at radius 1 is 1.24 bits per heavy atom. The number of nitrogens with zero attached hydrogens (tertiary/aromatic N) is 3. The fourth-order valence-corrected chi connectivity index (χ4v) is 2.41. The van der Waals surface area contributed by atoms with Gasteiger partial charge in [-0.2, -0.15) is 0 Å². The number of hydrogen-bond acceptors (Lipinski definition) is 7. The highest BCUT2D eigenvalue weighted by atomic mass is 19.1. The maximum absolute atomic E-state index is 12.8. The molecule has 0 aliphatic carbocycles. The first-order valence-electron chi connectivity index (χ1n) is 8.16. The topological polar surface area (TPSA) is 79.7 Å². The summed E-state index contributed by atoms with van der Waals surface area (Å²) >= 11 is 0. The van der Waals surface area contributed by atoms with Crippen LogP contribution in [0.25, 0.3) is 0 Å². The average molecular weight is 348 g/mol. The van der Waals surface area contributed by atoms with Gasteiger partial charge in [0.15, 0.2) is 0 Å². The molecule has 25 heavy (non-hydrogen) atoms. The first-order valence-corrected chi connectivity index (χ1v) is 8.16. The first-order chi connectivity index (χ1) is 12.2. The lowest BCUT2D eigenvalue weighted by Crippen LogP contribution is -2.36. The smallest absolute Gasteiger partial charge is 0.134 e. The van der Waals surface area contributed by atoms with Gasteiger partial charge in [0.1, 0.15) is 42.2 Å². The zero-order chi connectivity index (χ0) is 17.5. The highest BCUT2D eigenvalue weighted by Gasteiger charge is 2.13. The molecule has 0 spiro atoms. The molecule has 1 atom stereocenters. The van der Waals surface area contributed by atoms with Gasteiger partial charge >= 0.3 is 0 Å². The molecule has 1 fully saturated rings. The molecule has 0 saturated carbocycles. The molecule has 1 unspecified atom stereocenters. The predicted octanol–water partition coefficient (Wildman–Crippen LogP) is 1.30. The van der Waals surface area contributed by atoms with E-state index in [-0.39, 0.29) is 19.0 Å². The minimum Gasteiger partial charge on any atom is -0.491 e. The Labute approximate surface area is 145 Å². The number of morpholine rings is 1. The lowest BCUT2D eigenvalue weighted by molar-refractivity contribution is 0.117. The number of nitrogens with one attached hydrogen (secondary N) is 1. The molecule has 1 aliphatic heterocycles. The van der Waals surface area contributed by atoms with E-state index in [0.29, 0.717) is 24.8 Å². The van der Waals surface area contributed by atoms with Crippen LogP contribution in [0.1, 0.15) is 0 Å². The van der Waals surface area contributed by atoms with Crippen molar-refractivity contribution >= 4 is 11.6 Å². The van der Waals surface area contributed by atoms with E-state index in [0.717, 1.165) is 18.9 Å². The minimum atomic E-state index is -0.730. The average Bonchev–Trinajstić information content (AvgIpc) is 2.67. The lowest BCUT2D eigenvalue weighted by Gasteiger charge is -2.27. The van der Waals surface area contributed by atoms with Gasteiger partial charge in [0.25, 0.3) is 0 Å². The van der Waals surface area contributed by atoms with Gasteiger partial charge in [0, 0.05) is 25.7 Å². The molecule has 1 aromatic carbocycles. The molecule has 1 saturated heterocycles. The van der Waals surface area contributed by atoms with Crippen LogP contribution in [0.5, 0.6) is 5.75 Å². The second kappa shape index (κ2) is 8.59. The number of anilines is 2. The van der Waals surface area contributed by atoms with Crippen LogP contribution < -0.4 is 15.0 Å². The third-order valence-corrected chi connectivity index (χ3v) is 3.76. The molecule has 1 aliphatic rings. The van der Waals surface area contributed by atoms with Crippen molar-refractivity contribution in [3.8, 4) is 5.75 Å². The van der Waals surface area contributed by atoms with Crippen LogP contribution >= 0.6 is 0 Å². The van der Waals surface area contributed by atoms with E-state index in [4.69, 9.17) is 9.47 Å². The van der Waals surface area contributed by atoms with E-state index in [9.17, 15) is 9.50 Å². The summed E-state index contributed by atoms with van der Waals surface area (Å²) < 4.78 is 23.6. The summed E-state index contributed by atoms with van der Waals surface area (Å²) in [5.74, 6) is 1.65. The van der Waals surface area contributed by atoms with Gasteiger partial charge in [0.2, 0.25) is 0 Å². The summed E-state index contributed by atoms with van der Waals surface area (Å²) in [5, 5.41) is 13.1. The van der Waals surface area contributed by atoms with Crippen LogP contribution in [0, 0.1) is 5.82 Å². The molecule has 7 nitrogen and oxygen atoms in total. The highest BCUT2D eigenvalue weighted by Crippen LogP contribution is 2.15. The van der Waals surface area contributed by atoms with Crippen LogP contribution in [-0.2, 0) is 4.74 Å². The van der Waals surface area contributed by atoms with E-state index in [1.54, 1.807) is 0 Å². The predicted molar refractivity (Wildman–Crippen MR) is 91.5 cm³/mol. The van der Waals surface area contributed by atoms with E-state index >= 15 is 0 Å². The highest BCUT2D eigenvalue weighted by molar-refractivity contribution is 5.48. The van der Waals surface area contributed by atoms with Crippen molar-refractivity contribution in [3.05, 3.63) is 42.5 Å². The molecule has 2 aromatic rings. The molecular formula is C17H21FN4O3. The SMILES string of the molecule is OC(CNc1cc(N2CCOCC2)ncn1)COc1ccc(F)cc1. The second-order valence-electron chi connectivity index (χ2n) is 5.66. The van der Waals surface area contributed by atoms with Gasteiger partial charge in [-0.1, -0.05) is 0 Å². The van der Waals surface area contributed by atoms with Crippen LogP contribution in [0.4, 0.5) is 16.0 Å². The van der Waals surface area contributed by atoms with Crippen LogP contribution in [0.2, 0.25) is 0 Å². The molecule has 2 N–H and O–H groups in total. The van der Waals surface area contributed by atoms with Crippen LogP contribution in [-0.4, -0.2) is 60.6 Å². The molecule has 0 radical (unpaired) electrons. The van der Waals surface area contributed by atoms with Gasteiger partial charge in [-0.15, -0.1) is 0 Å². The Bertz CT molecular complexity index is 665. The molecule has 0 amide bonds. The van der Waals surface area contributed by atoms with E-state index in [1.165, 1.54) is 30.6 Å². The molecule has 2 heterocycles. The number of aliphatic hydroxyl groups excluding tert-OH is 1. The van der Waals surface area contributed by atoms with Crippen molar-refractivity contribution in [2.75, 3.05) is 49.7 Å². The molecule has 134 valence electrons. The minimum absolute atomic E-state index is 0.0973. The summed E-state index contributed by atoms with van der Waals surface area (Å²) in [6.07, 6.45) is 0.765. The Morgan fingerprint density at radius 2 is 2.00 bits per heavy atom. The quantitative estimate of drug-likeness (QED) is 0.781.